The van der Waals surface area contributed by atoms with Gasteiger partial charge < -0.3 is 14.6 Å². The highest BCUT2D eigenvalue weighted by molar-refractivity contribution is 5.31. The highest BCUT2D eigenvalue weighted by atomic mass is 16.5. The molecule has 0 fully saturated rings. The molecule has 4 nitrogen and oxygen atoms in total. The lowest BCUT2D eigenvalue weighted by Crippen LogP contribution is -2.37. The van der Waals surface area contributed by atoms with Crippen LogP contribution >= 0.6 is 0 Å². The number of aliphatic hydroxyl groups excluding tert-OH is 1. The fraction of sp³-hybridized carbons (Fsp3) is 0.429. The van der Waals surface area contributed by atoms with Gasteiger partial charge in [0, 0.05) is 26.7 Å². The number of methoxy groups -OCH3 is 1. The Bertz CT molecular complexity index is 645. The molecule has 0 unspecified atom stereocenters. The molecular weight excluding hydrogens is 314 g/mol. The van der Waals surface area contributed by atoms with E-state index in [4.69, 9.17) is 9.47 Å². The summed E-state index contributed by atoms with van der Waals surface area (Å²) in [5.41, 5.74) is 3.60. The maximum atomic E-state index is 10.4. The molecule has 25 heavy (non-hydrogen) atoms. The summed E-state index contributed by atoms with van der Waals surface area (Å²) in [7, 11) is 1.70. The Labute approximate surface area is 151 Å². The molecule has 2 aromatic carbocycles. The Balaban J connectivity index is 1.91. The van der Waals surface area contributed by atoms with Crippen molar-refractivity contribution in [2.24, 2.45) is 0 Å². The first-order valence-electron chi connectivity index (χ1n) is 8.72. The van der Waals surface area contributed by atoms with Gasteiger partial charge in [0.15, 0.2) is 0 Å². The van der Waals surface area contributed by atoms with Gasteiger partial charge in [0.2, 0.25) is 0 Å². The van der Waals surface area contributed by atoms with Crippen molar-refractivity contribution in [1.82, 2.24) is 4.90 Å². The number of aryl methyl sites for hydroxylation is 2. The van der Waals surface area contributed by atoms with Gasteiger partial charge in [-0.2, -0.15) is 0 Å². The molecule has 2 aromatic rings. The Morgan fingerprint density at radius 3 is 2.36 bits per heavy atom. The van der Waals surface area contributed by atoms with Crippen molar-refractivity contribution in [1.29, 1.82) is 0 Å². The van der Waals surface area contributed by atoms with Crippen LogP contribution in [0.4, 0.5) is 0 Å². The molecule has 0 spiro atoms. The maximum absolute atomic E-state index is 10.4. The van der Waals surface area contributed by atoms with E-state index in [1.165, 1.54) is 11.1 Å². The molecule has 1 N–H and O–H groups in total. The third-order valence-electron chi connectivity index (χ3n) is 4.26. The first-order valence-corrected chi connectivity index (χ1v) is 8.72. The van der Waals surface area contributed by atoms with Gasteiger partial charge in [0.25, 0.3) is 0 Å². The summed E-state index contributed by atoms with van der Waals surface area (Å²) in [6.45, 7) is 7.14. The summed E-state index contributed by atoms with van der Waals surface area (Å²) in [5.74, 6) is 0.823. The zero-order valence-electron chi connectivity index (χ0n) is 15.4. The minimum atomic E-state index is -0.555. The predicted octanol–water partition coefficient (Wildman–Crippen LogP) is 3.19. The third kappa shape index (κ3) is 6.50. The summed E-state index contributed by atoms with van der Waals surface area (Å²) in [6.07, 6.45) is -0.555. The van der Waals surface area contributed by atoms with Crippen molar-refractivity contribution in [3.05, 3.63) is 65.2 Å². The molecule has 0 aliphatic carbocycles. The highest BCUT2D eigenvalue weighted by Crippen LogP contribution is 2.16. The molecule has 136 valence electrons. The van der Waals surface area contributed by atoms with Crippen LogP contribution in [0.5, 0.6) is 5.75 Å². The predicted molar refractivity (Wildman–Crippen MR) is 101 cm³/mol. The maximum Gasteiger partial charge on any atom is 0.122 e. The second-order valence-corrected chi connectivity index (χ2v) is 6.38. The van der Waals surface area contributed by atoms with E-state index in [2.05, 4.69) is 30.0 Å². The minimum absolute atomic E-state index is 0.280. The molecule has 0 saturated heterocycles. The van der Waals surface area contributed by atoms with Crippen LogP contribution in [0.3, 0.4) is 0 Å². The zero-order chi connectivity index (χ0) is 18.1. The van der Waals surface area contributed by atoms with Gasteiger partial charge in [0.1, 0.15) is 18.5 Å². The van der Waals surface area contributed by atoms with E-state index < -0.39 is 6.10 Å². The van der Waals surface area contributed by atoms with Crippen molar-refractivity contribution in [3.63, 3.8) is 0 Å². The standard InChI is InChI=1S/C21H29NO3/c1-17-8-4-6-10-19(17)14-22(12-13-24-3)15-20(23)16-25-21-11-7-5-9-18(21)2/h4-11,20,23H,12-16H2,1-3H3/t20-/m1/s1. The van der Waals surface area contributed by atoms with Crippen LogP contribution in [-0.4, -0.2) is 49.5 Å². The van der Waals surface area contributed by atoms with Gasteiger partial charge in [0.05, 0.1) is 6.61 Å². The topological polar surface area (TPSA) is 41.9 Å². The summed E-state index contributed by atoms with van der Waals surface area (Å²) in [5, 5.41) is 10.4. The number of para-hydroxylation sites is 1. The lowest BCUT2D eigenvalue weighted by Gasteiger charge is -2.25. The Hall–Kier alpha value is -1.88. The van der Waals surface area contributed by atoms with Gasteiger partial charge in [-0.15, -0.1) is 0 Å². The number of aliphatic hydroxyl groups is 1. The number of rotatable bonds is 10. The summed E-state index contributed by atoms with van der Waals surface area (Å²) in [4.78, 5) is 2.21. The molecule has 0 saturated carbocycles. The molecule has 0 aliphatic rings. The molecule has 0 aromatic heterocycles. The normalized spacial score (nSPS) is 12.4. The van der Waals surface area contributed by atoms with Crippen molar-refractivity contribution in [2.45, 2.75) is 26.5 Å². The number of hydrogen-bond acceptors (Lipinski definition) is 4. The number of hydrogen-bond donors (Lipinski definition) is 1. The van der Waals surface area contributed by atoms with E-state index in [0.29, 0.717) is 13.2 Å². The molecule has 1 atom stereocenters. The van der Waals surface area contributed by atoms with Crippen molar-refractivity contribution in [2.75, 3.05) is 33.4 Å². The monoisotopic (exact) mass is 343 g/mol. The summed E-state index contributed by atoms with van der Waals surface area (Å²) >= 11 is 0. The molecular formula is C21H29NO3. The molecule has 0 heterocycles. The van der Waals surface area contributed by atoms with Crippen LogP contribution < -0.4 is 4.74 Å². The first-order chi connectivity index (χ1) is 12.1. The van der Waals surface area contributed by atoms with E-state index >= 15 is 0 Å². The van der Waals surface area contributed by atoms with E-state index in [1.54, 1.807) is 7.11 Å². The Kier molecular flexibility index (Phi) is 7.92. The molecule has 0 amide bonds. The van der Waals surface area contributed by atoms with Crippen molar-refractivity contribution < 1.29 is 14.6 Å². The third-order valence-corrected chi connectivity index (χ3v) is 4.26. The summed E-state index contributed by atoms with van der Waals surface area (Å²) < 4.78 is 11.0. The Morgan fingerprint density at radius 1 is 1.00 bits per heavy atom. The average molecular weight is 343 g/mol. The number of nitrogens with zero attached hydrogens (tertiary/aromatic N) is 1. The van der Waals surface area contributed by atoms with Crippen molar-refractivity contribution in [3.8, 4) is 5.75 Å². The lowest BCUT2D eigenvalue weighted by atomic mass is 10.1. The van der Waals surface area contributed by atoms with Crippen LogP contribution in [-0.2, 0) is 11.3 Å². The number of benzene rings is 2. The van der Waals surface area contributed by atoms with Crippen LogP contribution in [0.15, 0.2) is 48.5 Å². The van der Waals surface area contributed by atoms with E-state index in [9.17, 15) is 5.11 Å². The molecule has 0 aliphatic heterocycles. The van der Waals surface area contributed by atoms with Gasteiger partial charge >= 0.3 is 0 Å². The van der Waals surface area contributed by atoms with Crippen LogP contribution in [0.25, 0.3) is 0 Å². The number of ether oxygens (including phenoxy) is 2. The van der Waals surface area contributed by atoms with E-state index in [0.717, 1.165) is 24.4 Å². The summed E-state index contributed by atoms with van der Waals surface area (Å²) in [6, 6.07) is 16.2. The fourth-order valence-corrected chi connectivity index (χ4v) is 2.74. The van der Waals surface area contributed by atoms with Crippen molar-refractivity contribution >= 4 is 0 Å². The van der Waals surface area contributed by atoms with Gasteiger partial charge in [-0.05, 0) is 36.6 Å². The molecule has 4 heteroatoms. The molecule has 0 radical (unpaired) electrons. The largest absolute Gasteiger partial charge is 0.491 e. The van der Waals surface area contributed by atoms with E-state index in [1.807, 2.05) is 37.3 Å². The van der Waals surface area contributed by atoms with Crippen LogP contribution in [0.2, 0.25) is 0 Å². The average Bonchev–Trinajstić information content (AvgIpc) is 2.61. The first kappa shape index (κ1) is 19.4. The van der Waals surface area contributed by atoms with Crippen LogP contribution in [0.1, 0.15) is 16.7 Å². The highest BCUT2D eigenvalue weighted by Gasteiger charge is 2.14. The lowest BCUT2D eigenvalue weighted by molar-refractivity contribution is 0.0540. The molecule has 2 rings (SSSR count). The molecule has 0 bridgehead atoms. The smallest absolute Gasteiger partial charge is 0.122 e. The van der Waals surface area contributed by atoms with Gasteiger partial charge in [-0.1, -0.05) is 42.5 Å². The second kappa shape index (κ2) is 10.2. The minimum Gasteiger partial charge on any atom is -0.491 e. The van der Waals surface area contributed by atoms with Gasteiger partial charge in [-0.3, -0.25) is 4.90 Å². The van der Waals surface area contributed by atoms with E-state index in [-0.39, 0.29) is 6.61 Å². The van der Waals surface area contributed by atoms with Crippen LogP contribution in [0, 0.1) is 13.8 Å². The fourth-order valence-electron chi connectivity index (χ4n) is 2.74. The van der Waals surface area contributed by atoms with Gasteiger partial charge in [-0.25, -0.2) is 0 Å². The zero-order valence-corrected chi connectivity index (χ0v) is 15.4. The quantitative estimate of drug-likeness (QED) is 0.719. The SMILES string of the molecule is COCCN(Cc1ccccc1C)C[C@@H](O)COc1ccccc1C. The Morgan fingerprint density at radius 2 is 1.68 bits per heavy atom. The second-order valence-electron chi connectivity index (χ2n) is 6.38.